The van der Waals surface area contributed by atoms with Crippen molar-refractivity contribution in [2.45, 2.75) is 13.0 Å². The number of amides is 1. The summed E-state index contributed by atoms with van der Waals surface area (Å²) in [4.78, 5) is 14.7. The number of aromatic nitrogens is 2. The average molecular weight is 401 g/mol. The number of benzene rings is 2. The molecule has 0 saturated heterocycles. The number of likely N-dealkylation sites (N-methyl/N-ethyl adjacent to an activating group) is 1. The lowest BCUT2D eigenvalue weighted by atomic mass is 10.1. The van der Waals surface area contributed by atoms with Crippen LogP contribution < -0.4 is 5.32 Å². The molecule has 1 heterocycles. The average Bonchev–Trinajstić information content (AvgIpc) is 3.05. The van der Waals surface area contributed by atoms with Crippen LogP contribution in [0.3, 0.4) is 0 Å². The van der Waals surface area contributed by atoms with Gasteiger partial charge in [-0.15, -0.1) is 0 Å². The standard InChI is InChI=1S/C21H22ClFN4O/c1-14-18(12-25-27(14)16-10-8-15(23)9-11-16)21(28)24-13-20(26(2)3)17-6-4-5-7-19(17)22/h4-12,20H,13H2,1-3H3,(H,24,28). The molecule has 1 amide bonds. The Balaban J connectivity index is 1.76. The first-order chi connectivity index (χ1) is 13.4. The van der Waals surface area contributed by atoms with Crippen molar-refractivity contribution in [2.24, 2.45) is 0 Å². The van der Waals surface area contributed by atoms with E-state index in [1.807, 2.05) is 50.2 Å². The Bertz CT molecular complexity index is 969. The van der Waals surface area contributed by atoms with Crippen LogP contribution in [0.1, 0.15) is 27.7 Å². The minimum atomic E-state index is -0.319. The molecule has 1 unspecified atom stereocenters. The fourth-order valence-electron chi connectivity index (χ4n) is 3.08. The van der Waals surface area contributed by atoms with E-state index in [1.165, 1.54) is 18.3 Å². The van der Waals surface area contributed by atoms with Crippen molar-refractivity contribution in [3.05, 3.63) is 82.4 Å². The molecule has 0 fully saturated rings. The number of nitrogens with one attached hydrogen (secondary N) is 1. The predicted octanol–water partition coefficient (Wildman–Crippen LogP) is 4.01. The molecule has 0 spiro atoms. The molecule has 0 aliphatic rings. The van der Waals surface area contributed by atoms with Crippen LogP contribution in [0, 0.1) is 12.7 Å². The van der Waals surface area contributed by atoms with Crippen molar-refractivity contribution in [2.75, 3.05) is 20.6 Å². The maximum absolute atomic E-state index is 13.1. The molecule has 0 bridgehead atoms. The number of hydrogen-bond acceptors (Lipinski definition) is 3. The summed E-state index contributed by atoms with van der Waals surface area (Å²) in [5.41, 5.74) is 2.80. The quantitative estimate of drug-likeness (QED) is 0.680. The zero-order valence-electron chi connectivity index (χ0n) is 16.0. The molecule has 2 aromatic carbocycles. The molecule has 5 nitrogen and oxygen atoms in total. The van der Waals surface area contributed by atoms with Crippen LogP contribution in [-0.4, -0.2) is 41.2 Å². The van der Waals surface area contributed by atoms with Gasteiger partial charge in [-0.2, -0.15) is 5.10 Å². The van der Waals surface area contributed by atoms with Gasteiger partial charge in [0.15, 0.2) is 0 Å². The Morgan fingerprint density at radius 1 is 1.21 bits per heavy atom. The summed E-state index contributed by atoms with van der Waals surface area (Å²) in [6.45, 7) is 2.21. The minimum Gasteiger partial charge on any atom is -0.350 e. The number of hydrogen-bond donors (Lipinski definition) is 1. The second-order valence-electron chi connectivity index (χ2n) is 6.74. The number of carbonyl (C=O) groups excluding carboxylic acids is 1. The van der Waals surface area contributed by atoms with Crippen LogP contribution in [0.2, 0.25) is 5.02 Å². The van der Waals surface area contributed by atoms with E-state index < -0.39 is 0 Å². The molecule has 7 heteroatoms. The molecular formula is C21H22ClFN4O. The molecule has 146 valence electrons. The maximum atomic E-state index is 13.1. The Morgan fingerprint density at radius 2 is 1.89 bits per heavy atom. The molecule has 3 rings (SSSR count). The fraction of sp³-hybridized carbons (Fsp3) is 0.238. The number of carbonyl (C=O) groups is 1. The summed E-state index contributed by atoms with van der Waals surface area (Å²) < 4.78 is 14.8. The molecule has 28 heavy (non-hydrogen) atoms. The van der Waals surface area contributed by atoms with Crippen molar-refractivity contribution in [3.8, 4) is 5.69 Å². The Morgan fingerprint density at radius 3 is 2.54 bits per heavy atom. The van der Waals surface area contributed by atoms with E-state index in [9.17, 15) is 9.18 Å². The van der Waals surface area contributed by atoms with E-state index in [1.54, 1.807) is 16.8 Å². The highest BCUT2D eigenvalue weighted by molar-refractivity contribution is 6.31. The van der Waals surface area contributed by atoms with Crippen molar-refractivity contribution in [1.82, 2.24) is 20.0 Å². The summed E-state index contributed by atoms with van der Waals surface area (Å²) in [5.74, 6) is -0.536. The monoisotopic (exact) mass is 400 g/mol. The first kappa shape index (κ1) is 20.0. The molecule has 3 aromatic rings. The van der Waals surface area contributed by atoms with Gasteiger partial charge in [-0.3, -0.25) is 4.79 Å². The molecule has 0 saturated carbocycles. The second-order valence-corrected chi connectivity index (χ2v) is 7.15. The number of nitrogens with zero attached hydrogens (tertiary/aromatic N) is 3. The van der Waals surface area contributed by atoms with Gasteiger partial charge in [-0.1, -0.05) is 29.8 Å². The van der Waals surface area contributed by atoms with Gasteiger partial charge >= 0.3 is 0 Å². The van der Waals surface area contributed by atoms with Gasteiger partial charge in [-0.05, 0) is 56.9 Å². The number of rotatable bonds is 6. The first-order valence-corrected chi connectivity index (χ1v) is 9.26. The van der Waals surface area contributed by atoms with Crippen molar-refractivity contribution in [3.63, 3.8) is 0 Å². The highest BCUT2D eigenvalue weighted by Gasteiger charge is 2.20. The van der Waals surface area contributed by atoms with Crippen LogP contribution in [0.4, 0.5) is 4.39 Å². The zero-order valence-corrected chi connectivity index (χ0v) is 16.7. The van der Waals surface area contributed by atoms with Crippen LogP contribution in [-0.2, 0) is 0 Å². The summed E-state index contributed by atoms with van der Waals surface area (Å²) >= 11 is 6.32. The predicted molar refractivity (Wildman–Crippen MR) is 108 cm³/mol. The van der Waals surface area contributed by atoms with E-state index in [0.29, 0.717) is 28.5 Å². The SMILES string of the molecule is Cc1c(C(=O)NCC(c2ccccc2Cl)N(C)C)cnn1-c1ccc(F)cc1. The molecule has 0 radical (unpaired) electrons. The largest absolute Gasteiger partial charge is 0.350 e. The van der Waals surface area contributed by atoms with Gasteiger partial charge in [0, 0.05) is 11.6 Å². The van der Waals surface area contributed by atoms with Crippen LogP contribution >= 0.6 is 11.6 Å². The van der Waals surface area contributed by atoms with E-state index in [4.69, 9.17) is 11.6 Å². The molecule has 0 aliphatic heterocycles. The third-order valence-electron chi connectivity index (χ3n) is 4.67. The third kappa shape index (κ3) is 4.24. The van der Waals surface area contributed by atoms with Crippen molar-refractivity contribution >= 4 is 17.5 Å². The van der Waals surface area contributed by atoms with Crippen LogP contribution in [0.5, 0.6) is 0 Å². The van der Waals surface area contributed by atoms with E-state index in [2.05, 4.69) is 10.4 Å². The topological polar surface area (TPSA) is 50.2 Å². The summed E-state index contributed by atoms with van der Waals surface area (Å²) in [6, 6.07) is 13.5. The smallest absolute Gasteiger partial charge is 0.254 e. The Labute approximate surface area is 168 Å². The maximum Gasteiger partial charge on any atom is 0.254 e. The third-order valence-corrected chi connectivity index (χ3v) is 5.01. The van der Waals surface area contributed by atoms with Crippen LogP contribution in [0.15, 0.2) is 54.7 Å². The molecule has 1 atom stereocenters. The second kappa shape index (κ2) is 8.54. The van der Waals surface area contributed by atoms with E-state index in [-0.39, 0.29) is 17.8 Å². The van der Waals surface area contributed by atoms with Gasteiger partial charge in [0.2, 0.25) is 0 Å². The van der Waals surface area contributed by atoms with Gasteiger partial charge in [0.1, 0.15) is 5.82 Å². The fourth-order valence-corrected chi connectivity index (χ4v) is 3.34. The van der Waals surface area contributed by atoms with Gasteiger partial charge in [-0.25, -0.2) is 9.07 Å². The highest BCUT2D eigenvalue weighted by atomic mass is 35.5. The lowest BCUT2D eigenvalue weighted by Crippen LogP contribution is -2.34. The molecular weight excluding hydrogens is 379 g/mol. The minimum absolute atomic E-state index is 0.0647. The Kier molecular flexibility index (Phi) is 6.11. The van der Waals surface area contributed by atoms with E-state index in [0.717, 1.165) is 5.56 Å². The van der Waals surface area contributed by atoms with Gasteiger partial charge in [0.05, 0.1) is 29.2 Å². The first-order valence-electron chi connectivity index (χ1n) is 8.88. The van der Waals surface area contributed by atoms with Crippen LogP contribution in [0.25, 0.3) is 5.69 Å². The lowest BCUT2D eigenvalue weighted by molar-refractivity contribution is 0.0941. The summed E-state index contributed by atoms with van der Waals surface area (Å²) in [6.07, 6.45) is 1.52. The summed E-state index contributed by atoms with van der Waals surface area (Å²) in [7, 11) is 3.88. The Hall–Kier alpha value is -2.70. The summed E-state index contributed by atoms with van der Waals surface area (Å²) in [5, 5.41) is 7.90. The lowest BCUT2D eigenvalue weighted by Gasteiger charge is -2.26. The highest BCUT2D eigenvalue weighted by Crippen LogP contribution is 2.25. The van der Waals surface area contributed by atoms with Crippen molar-refractivity contribution < 1.29 is 9.18 Å². The molecule has 1 aromatic heterocycles. The van der Waals surface area contributed by atoms with Crippen molar-refractivity contribution in [1.29, 1.82) is 0 Å². The van der Waals surface area contributed by atoms with Gasteiger partial charge in [0.25, 0.3) is 5.91 Å². The molecule has 0 aliphatic carbocycles. The van der Waals surface area contributed by atoms with E-state index >= 15 is 0 Å². The molecule has 1 N–H and O–H groups in total. The normalized spacial score (nSPS) is 12.2. The van der Waals surface area contributed by atoms with Gasteiger partial charge < -0.3 is 10.2 Å². The zero-order chi connectivity index (χ0) is 20.3. The number of halogens is 2.